The van der Waals surface area contributed by atoms with Gasteiger partial charge in [-0.3, -0.25) is 14.5 Å². The van der Waals surface area contributed by atoms with E-state index >= 15 is 0 Å². The number of nitrogens with zero attached hydrogens (tertiary/aromatic N) is 4. The molecule has 6 heteroatoms. The molecule has 128 valence electrons. The van der Waals surface area contributed by atoms with Crippen LogP contribution < -0.4 is 4.90 Å². The first-order valence-electron chi connectivity index (χ1n) is 8.15. The molecule has 0 N–H and O–H groups in total. The number of anilines is 1. The van der Waals surface area contributed by atoms with Gasteiger partial charge < -0.3 is 4.90 Å². The summed E-state index contributed by atoms with van der Waals surface area (Å²) in [6, 6.07) is 11.9. The van der Waals surface area contributed by atoms with Crippen LogP contribution >= 0.6 is 0 Å². The Morgan fingerprint density at radius 2 is 1.88 bits per heavy atom. The molecular weight excluding hydrogens is 319 g/mol. The lowest BCUT2D eigenvalue weighted by Gasteiger charge is -2.23. The molecule has 1 amide bonds. The topological polar surface area (TPSA) is 51.0 Å². The molecule has 3 aromatic rings. The molecule has 0 saturated heterocycles. The molecule has 3 rings (SSSR count). The maximum atomic E-state index is 14.0. The molecule has 0 aliphatic heterocycles. The van der Waals surface area contributed by atoms with Gasteiger partial charge >= 0.3 is 0 Å². The zero-order chi connectivity index (χ0) is 17.5. The lowest BCUT2D eigenvalue weighted by atomic mass is 10.1. The standard InChI is InChI=1S/C19H19FN4O/c20-18-6-2-1-5-16(18)15-24(17-8-11-21-12-9-17)19(25)7-3-13-23-14-4-10-22-23/h1-2,4-6,8-12,14H,3,7,13,15H2. The van der Waals surface area contributed by atoms with E-state index in [-0.39, 0.29) is 18.3 Å². The molecule has 1 aromatic carbocycles. The maximum absolute atomic E-state index is 14.0. The average Bonchev–Trinajstić information content (AvgIpc) is 3.15. The Balaban J connectivity index is 1.71. The van der Waals surface area contributed by atoms with Crippen LogP contribution in [0.15, 0.2) is 67.3 Å². The summed E-state index contributed by atoms with van der Waals surface area (Å²) in [4.78, 5) is 18.3. The smallest absolute Gasteiger partial charge is 0.227 e. The number of carbonyl (C=O) groups is 1. The Morgan fingerprint density at radius 1 is 1.08 bits per heavy atom. The first-order chi connectivity index (χ1) is 12.2. The second-order valence-electron chi connectivity index (χ2n) is 5.65. The molecule has 0 unspecified atom stereocenters. The number of halogens is 1. The fraction of sp³-hybridized carbons (Fsp3) is 0.211. The van der Waals surface area contributed by atoms with Gasteiger partial charge in [0.2, 0.25) is 5.91 Å². The largest absolute Gasteiger partial charge is 0.308 e. The summed E-state index contributed by atoms with van der Waals surface area (Å²) in [7, 11) is 0. The Labute approximate surface area is 145 Å². The molecule has 0 radical (unpaired) electrons. The summed E-state index contributed by atoms with van der Waals surface area (Å²) in [5, 5.41) is 4.13. The van der Waals surface area contributed by atoms with Gasteiger partial charge in [0.15, 0.2) is 0 Å². The fourth-order valence-electron chi connectivity index (χ4n) is 2.60. The quantitative estimate of drug-likeness (QED) is 0.663. The van der Waals surface area contributed by atoms with Crippen LogP contribution in [0, 0.1) is 5.82 Å². The van der Waals surface area contributed by atoms with Crippen molar-refractivity contribution in [1.82, 2.24) is 14.8 Å². The van der Waals surface area contributed by atoms with Crippen LogP contribution in [-0.4, -0.2) is 20.7 Å². The Morgan fingerprint density at radius 3 is 2.60 bits per heavy atom. The van der Waals surface area contributed by atoms with Crippen LogP contribution in [0.25, 0.3) is 0 Å². The number of aromatic nitrogens is 3. The van der Waals surface area contributed by atoms with E-state index in [0.29, 0.717) is 30.6 Å². The zero-order valence-electron chi connectivity index (χ0n) is 13.8. The number of benzene rings is 1. The van der Waals surface area contributed by atoms with Gasteiger partial charge in [0.05, 0.1) is 6.54 Å². The Bertz CT molecular complexity index is 805. The number of amides is 1. The van der Waals surface area contributed by atoms with Crippen molar-refractivity contribution in [2.24, 2.45) is 0 Å². The van der Waals surface area contributed by atoms with E-state index in [0.717, 1.165) is 0 Å². The second-order valence-corrected chi connectivity index (χ2v) is 5.65. The molecule has 0 aliphatic rings. The molecule has 0 saturated carbocycles. The minimum Gasteiger partial charge on any atom is -0.308 e. The van der Waals surface area contributed by atoms with Crippen LogP contribution in [0.4, 0.5) is 10.1 Å². The Hall–Kier alpha value is -3.02. The highest BCUT2D eigenvalue weighted by atomic mass is 19.1. The normalized spacial score (nSPS) is 10.6. The number of hydrogen-bond acceptors (Lipinski definition) is 3. The Kier molecular flexibility index (Phi) is 5.51. The third kappa shape index (κ3) is 4.50. The van der Waals surface area contributed by atoms with Crippen molar-refractivity contribution in [3.63, 3.8) is 0 Å². The van der Waals surface area contributed by atoms with E-state index < -0.39 is 0 Å². The van der Waals surface area contributed by atoms with Crippen molar-refractivity contribution in [1.29, 1.82) is 0 Å². The fourth-order valence-corrected chi connectivity index (χ4v) is 2.60. The van der Waals surface area contributed by atoms with E-state index in [1.54, 1.807) is 58.5 Å². The maximum Gasteiger partial charge on any atom is 0.227 e. The highest BCUT2D eigenvalue weighted by molar-refractivity contribution is 5.93. The van der Waals surface area contributed by atoms with Crippen LogP contribution in [-0.2, 0) is 17.9 Å². The van der Waals surface area contributed by atoms with Crippen molar-refractivity contribution in [2.75, 3.05) is 4.90 Å². The van der Waals surface area contributed by atoms with E-state index in [9.17, 15) is 9.18 Å². The van der Waals surface area contributed by atoms with E-state index in [1.807, 2.05) is 12.3 Å². The predicted molar refractivity (Wildman–Crippen MR) is 93.3 cm³/mol. The summed E-state index contributed by atoms with van der Waals surface area (Å²) in [6.45, 7) is 0.861. The number of pyridine rings is 1. The van der Waals surface area contributed by atoms with Gasteiger partial charge in [0.1, 0.15) is 5.82 Å². The van der Waals surface area contributed by atoms with Crippen molar-refractivity contribution in [3.05, 3.63) is 78.6 Å². The second kappa shape index (κ2) is 8.19. The zero-order valence-corrected chi connectivity index (χ0v) is 13.8. The van der Waals surface area contributed by atoms with Crippen molar-refractivity contribution in [3.8, 4) is 0 Å². The van der Waals surface area contributed by atoms with E-state index in [2.05, 4.69) is 10.1 Å². The summed E-state index contributed by atoms with van der Waals surface area (Å²) in [5.41, 5.74) is 1.20. The minimum atomic E-state index is -0.314. The predicted octanol–water partition coefficient (Wildman–Crippen LogP) is 3.43. The molecule has 0 aliphatic carbocycles. The van der Waals surface area contributed by atoms with E-state index in [1.165, 1.54) is 6.07 Å². The van der Waals surface area contributed by atoms with Gasteiger partial charge in [-0.2, -0.15) is 5.10 Å². The summed E-state index contributed by atoms with van der Waals surface area (Å²) in [5.74, 6) is -0.368. The van der Waals surface area contributed by atoms with Crippen molar-refractivity contribution >= 4 is 11.6 Å². The minimum absolute atomic E-state index is 0.0541. The summed E-state index contributed by atoms with van der Waals surface area (Å²) < 4.78 is 15.8. The van der Waals surface area contributed by atoms with Gasteiger partial charge in [0.25, 0.3) is 0 Å². The lowest BCUT2D eigenvalue weighted by molar-refractivity contribution is -0.118. The molecule has 5 nitrogen and oxygen atoms in total. The number of rotatable bonds is 7. The van der Waals surface area contributed by atoms with Gasteiger partial charge in [0, 0.05) is 49.0 Å². The van der Waals surface area contributed by atoms with Crippen LogP contribution in [0.3, 0.4) is 0 Å². The van der Waals surface area contributed by atoms with Gasteiger partial charge in [-0.1, -0.05) is 18.2 Å². The highest BCUT2D eigenvalue weighted by Gasteiger charge is 2.17. The first kappa shape index (κ1) is 16.8. The molecule has 0 fully saturated rings. The lowest BCUT2D eigenvalue weighted by Crippen LogP contribution is -2.30. The average molecular weight is 338 g/mol. The molecule has 0 atom stereocenters. The SMILES string of the molecule is O=C(CCCn1cccn1)N(Cc1ccccc1F)c1ccncc1. The number of hydrogen-bond donors (Lipinski definition) is 0. The van der Waals surface area contributed by atoms with Crippen LogP contribution in [0.2, 0.25) is 0 Å². The molecule has 25 heavy (non-hydrogen) atoms. The number of carbonyl (C=O) groups excluding carboxylic acids is 1. The van der Waals surface area contributed by atoms with Gasteiger partial charge in [-0.25, -0.2) is 4.39 Å². The van der Waals surface area contributed by atoms with Gasteiger partial charge in [-0.15, -0.1) is 0 Å². The molecule has 2 aromatic heterocycles. The molecule has 0 bridgehead atoms. The first-order valence-corrected chi connectivity index (χ1v) is 8.15. The highest BCUT2D eigenvalue weighted by Crippen LogP contribution is 2.19. The molecule has 0 spiro atoms. The molecule has 2 heterocycles. The summed E-state index contributed by atoms with van der Waals surface area (Å²) >= 11 is 0. The number of aryl methyl sites for hydroxylation is 1. The van der Waals surface area contributed by atoms with Crippen LogP contribution in [0.5, 0.6) is 0 Å². The third-order valence-corrected chi connectivity index (χ3v) is 3.90. The third-order valence-electron chi connectivity index (χ3n) is 3.90. The van der Waals surface area contributed by atoms with Crippen molar-refractivity contribution < 1.29 is 9.18 Å². The molecular formula is C19H19FN4O. The monoisotopic (exact) mass is 338 g/mol. The van der Waals surface area contributed by atoms with Crippen molar-refractivity contribution in [2.45, 2.75) is 25.9 Å². The summed E-state index contributed by atoms with van der Waals surface area (Å²) in [6.07, 6.45) is 7.85. The van der Waals surface area contributed by atoms with Crippen LogP contribution in [0.1, 0.15) is 18.4 Å². The van der Waals surface area contributed by atoms with Gasteiger partial charge in [-0.05, 0) is 30.7 Å². The van der Waals surface area contributed by atoms with E-state index in [4.69, 9.17) is 0 Å².